The lowest BCUT2D eigenvalue weighted by Crippen LogP contribution is -2.30. The van der Waals surface area contributed by atoms with Crippen molar-refractivity contribution in [1.82, 2.24) is 5.32 Å². The van der Waals surface area contributed by atoms with E-state index < -0.39 is 0 Å². The highest BCUT2D eigenvalue weighted by atomic mass is 79.9. The molecule has 0 fully saturated rings. The third-order valence-electron chi connectivity index (χ3n) is 2.91. The van der Waals surface area contributed by atoms with Crippen LogP contribution >= 0.6 is 15.9 Å². The maximum absolute atomic E-state index is 13.1. The Morgan fingerprint density at radius 1 is 1.31 bits per heavy atom. The molecule has 90 valence electrons. The van der Waals surface area contributed by atoms with Crippen LogP contribution in [0.3, 0.4) is 0 Å². The molecule has 1 rings (SSSR count). The highest BCUT2D eigenvalue weighted by molar-refractivity contribution is 9.10. The van der Waals surface area contributed by atoms with Crippen molar-refractivity contribution in [3.05, 3.63) is 34.1 Å². The third kappa shape index (κ3) is 3.56. The number of nitrogens with one attached hydrogen (secondary N) is 1. The molecule has 0 amide bonds. The molecule has 0 bridgehead atoms. The standard InChI is InChI=1S/C13H19BrFN/c1-4-11(5-2)16-9(3)10-6-7-13(15)12(14)8-10/h6-9,11,16H,4-5H2,1-3H3. The monoisotopic (exact) mass is 287 g/mol. The maximum Gasteiger partial charge on any atom is 0.137 e. The molecule has 3 heteroatoms. The number of hydrogen-bond acceptors (Lipinski definition) is 1. The van der Waals surface area contributed by atoms with E-state index in [9.17, 15) is 4.39 Å². The van der Waals surface area contributed by atoms with Crippen molar-refractivity contribution < 1.29 is 4.39 Å². The number of halogens is 2. The minimum absolute atomic E-state index is 0.210. The van der Waals surface area contributed by atoms with Gasteiger partial charge in [-0.25, -0.2) is 4.39 Å². The Morgan fingerprint density at radius 2 is 1.94 bits per heavy atom. The zero-order valence-corrected chi connectivity index (χ0v) is 11.6. The van der Waals surface area contributed by atoms with Crippen LogP contribution in [0.2, 0.25) is 0 Å². The molecule has 0 heterocycles. The molecule has 0 saturated carbocycles. The summed E-state index contributed by atoms with van der Waals surface area (Å²) in [6.07, 6.45) is 2.23. The van der Waals surface area contributed by atoms with Crippen LogP contribution in [0.25, 0.3) is 0 Å². The van der Waals surface area contributed by atoms with Gasteiger partial charge in [-0.15, -0.1) is 0 Å². The van der Waals surface area contributed by atoms with Crippen molar-refractivity contribution in [2.24, 2.45) is 0 Å². The van der Waals surface area contributed by atoms with Gasteiger partial charge < -0.3 is 5.32 Å². The Hall–Kier alpha value is -0.410. The van der Waals surface area contributed by atoms with Crippen molar-refractivity contribution in [2.45, 2.75) is 45.7 Å². The molecule has 1 unspecified atom stereocenters. The van der Waals surface area contributed by atoms with E-state index in [1.807, 2.05) is 12.1 Å². The Morgan fingerprint density at radius 3 is 2.44 bits per heavy atom. The van der Waals surface area contributed by atoms with Crippen LogP contribution < -0.4 is 5.32 Å². The van der Waals surface area contributed by atoms with Gasteiger partial charge in [0.05, 0.1) is 4.47 Å². The maximum atomic E-state index is 13.1. The lowest BCUT2D eigenvalue weighted by atomic mass is 10.1. The number of hydrogen-bond donors (Lipinski definition) is 1. The van der Waals surface area contributed by atoms with Crippen LogP contribution in [0, 0.1) is 5.82 Å². The summed E-state index contributed by atoms with van der Waals surface area (Å²) in [6.45, 7) is 6.46. The molecule has 0 aliphatic heterocycles. The molecule has 0 saturated heterocycles. The fraction of sp³-hybridized carbons (Fsp3) is 0.538. The van der Waals surface area contributed by atoms with Gasteiger partial charge in [0.2, 0.25) is 0 Å². The second kappa shape index (κ2) is 6.36. The quantitative estimate of drug-likeness (QED) is 0.845. The summed E-state index contributed by atoms with van der Waals surface area (Å²) in [4.78, 5) is 0. The zero-order valence-electron chi connectivity index (χ0n) is 10.1. The van der Waals surface area contributed by atoms with Gasteiger partial charge in [0, 0.05) is 12.1 Å². The molecule has 16 heavy (non-hydrogen) atoms. The van der Waals surface area contributed by atoms with E-state index in [0.29, 0.717) is 10.5 Å². The van der Waals surface area contributed by atoms with E-state index in [1.165, 1.54) is 6.07 Å². The first-order chi connectivity index (χ1) is 7.58. The highest BCUT2D eigenvalue weighted by Crippen LogP contribution is 2.21. The molecule has 0 aliphatic carbocycles. The third-order valence-corrected chi connectivity index (χ3v) is 3.52. The molecule has 0 aliphatic rings. The van der Waals surface area contributed by atoms with Crippen LogP contribution in [-0.4, -0.2) is 6.04 Å². The van der Waals surface area contributed by atoms with Gasteiger partial charge in [-0.1, -0.05) is 19.9 Å². The fourth-order valence-corrected chi connectivity index (χ4v) is 2.15. The molecule has 1 aromatic rings. The predicted molar refractivity (Wildman–Crippen MR) is 70.0 cm³/mol. The van der Waals surface area contributed by atoms with Gasteiger partial charge in [0.1, 0.15) is 5.82 Å². The molecular weight excluding hydrogens is 269 g/mol. The molecule has 0 spiro atoms. The SMILES string of the molecule is CCC(CC)NC(C)c1ccc(F)c(Br)c1. The van der Waals surface area contributed by atoms with Crippen LogP contribution in [-0.2, 0) is 0 Å². The summed E-state index contributed by atoms with van der Waals surface area (Å²) in [5.41, 5.74) is 1.11. The first-order valence-corrected chi connectivity index (χ1v) is 6.58. The zero-order chi connectivity index (χ0) is 12.1. The molecule has 1 N–H and O–H groups in total. The van der Waals surface area contributed by atoms with E-state index in [1.54, 1.807) is 0 Å². The van der Waals surface area contributed by atoms with Crippen LogP contribution in [0.15, 0.2) is 22.7 Å². The average molecular weight is 288 g/mol. The Balaban J connectivity index is 2.72. The van der Waals surface area contributed by atoms with Crippen LogP contribution in [0.5, 0.6) is 0 Å². The Kier molecular flexibility index (Phi) is 5.42. The minimum Gasteiger partial charge on any atom is -0.307 e. The smallest absolute Gasteiger partial charge is 0.137 e. The average Bonchev–Trinajstić information content (AvgIpc) is 2.29. The van der Waals surface area contributed by atoms with Gasteiger partial charge >= 0.3 is 0 Å². The van der Waals surface area contributed by atoms with Crippen molar-refractivity contribution in [1.29, 1.82) is 0 Å². The number of rotatable bonds is 5. The summed E-state index contributed by atoms with van der Waals surface area (Å²) in [5.74, 6) is -0.210. The minimum atomic E-state index is -0.210. The van der Waals surface area contributed by atoms with Gasteiger partial charge in [-0.3, -0.25) is 0 Å². The topological polar surface area (TPSA) is 12.0 Å². The second-order valence-corrected chi connectivity index (χ2v) is 4.93. The molecular formula is C13H19BrFN. The summed E-state index contributed by atoms with van der Waals surface area (Å²) in [6, 6.07) is 5.96. The summed E-state index contributed by atoms with van der Waals surface area (Å²) < 4.78 is 13.6. The van der Waals surface area contributed by atoms with Gasteiger partial charge in [-0.05, 0) is 53.4 Å². The molecule has 0 aromatic heterocycles. The molecule has 1 atom stereocenters. The van der Waals surface area contributed by atoms with Crippen molar-refractivity contribution >= 4 is 15.9 Å². The van der Waals surface area contributed by atoms with Gasteiger partial charge in [0.15, 0.2) is 0 Å². The molecule has 0 radical (unpaired) electrons. The summed E-state index contributed by atoms with van der Waals surface area (Å²) in [5, 5.41) is 3.54. The van der Waals surface area contributed by atoms with Crippen molar-refractivity contribution in [3.8, 4) is 0 Å². The Labute approximate surface area is 106 Å². The fourth-order valence-electron chi connectivity index (χ4n) is 1.76. The Bertz CT molecular complexity index is 337. The van der Waals surface area contributed by atoms with E-state index in [-0.39, 0.29) is 11.9 Å². The van der Waals surface area contributed by atoms with Crippen molar-refractivity contribution in [3.63, 3.8) is 0 Å². The largest absolute Gasteiger partial charge is 0.307 e. The van der Waals surface area contributed by atoms with E-state index in [2.05, 4.69) is 42.0 Å². The second-order valence-electron chi connectivity index (χ2n) is 4.08. The first kappa shape index (κ1) is 13.7. The van der Waals surface area contributed by atoms with E-state index in [0.717, 1.165) is 18.4 Å². The van der Waals surface area contributed by atoms with Crippen LogP contribution in [0.1, 0.15) is 45.2 Å². The molecule has 1 aromatic carbocycles. The molecule has 1 nitrogen and oxygen atoms in total. The van der Waals surface area contributed by atoms with Gasteiger partial charge in [0.25, 0.3) is 0 Å². The first-order valence-electron chi connectivity index (χ1n) is 5.79. The van der Waals surface area contributed by atoms with Crippen molar-refractivity contribution in [2.75, 3.05) is 0 Å². The van der Waals surface area contributed by atoms with E-state index >= 15 is 0 Å². The van der Waals surface area contributed by atoms with Crippen LogP contribution in [0.4, 0.5) is 4.39 Å². The highest BCUT2D eigenvalue weighted by Gasteiger charge is 2.11. The lowest BCUT2D eigenvalue weighted by molar-refractivity contribution is 0.432. The number of benzene rings is 1. The summed E-state index contributed by atoms with van der Waals surface area (Å²) in [7, 11) is 0. The van der Waals surface area contributed by atoms with Gasteiger partial charge in [-0.2, -0.15) is 0 Å². The summed E-state index contributed by atoms with van der Waals surface area (Å²) >= 11 is 3.21. The predicted octanol–water partition coefficient (Wildman–Crippen LogP) is 4.43. The normalized spacial score (nSPS) is 13.1. The van der Waals surface area contributed by atoms with E-state index in [4.69, 9.17) is 0 Å². The lowest BCUT2D eigenvalue weighted by Gasteiger charge is -2.21.